The van der Waals surface area contributed by atoms with Gasteiger partial charge in [0.25, 0.3) is 0 Å². The van der Waals surface area contributed by atoms with Crippen molar-refractivity contribution in [3.63, 3.8) is 0 Å². The lowest BCUT2D eigenvalue weighted by Crippen LogP contribution is -2.46. The average Bonchev–Trinajstić information content (AvgIpc) is 2.80. The van der Waals surface area contributed by atoms with E-state index in [1.165, 1.54) is 18.4 Å². The summed E-state index contributed by atoms with van der Waals surface area (Å²) < 4.78 is 0.829. The molecule has 0 aliphatic carbocycles. The Bertz CT molecular complexity index is 658. The smallest absolute Gasteiger partial charge is 0.405 e. The average molecular weight is 314 g/mol. The van der Waals surface area contributed by atoms with Crippen LogP contribution in [-0.4, -0.2) is 35.2 Å². The van der Waals surface area contributed by atoms with Crippen molar-refractivity contribution in [3.8, 4) is 0 Å². The molecule has 1 atom stereocenters. The number of rotatable bonds is 4. The molecule has 0 saturated heterocycles. The van der Waals surface area contributed by atoms with Crippen molar-refractivity contribution in [1.29, 1.82) is 0 Å². The molecule has 1 unspecified atom stereocenters. The summed E-state index contributed by atoms with van der Waals surface area (Å²) in [6, 6.07) is 2.66. The Morgan fingerprint density at radius 3 is 2.90 bits per heavy atom. The van der Waals surface area contributed by atoms with E-state index in [-0.39, 0.29) is 12.3 Å². The zero-order chi connectivity index (χ0) is 14.7. The van der Waals surface area contributed by atoms with Crippen LogP contribution >= 0.6 is 22.9 Å². The molecular weight excluding hydrogens is 302 g/mol. The lowest BCUT2D eigenvalue weighted by molar-refractivity contribution is -0.122. The molecule has 0 spiro atoms. The van der Waals surface area contributed by atoms with E-state index < -0.39 is 12.1 Å². The van der Waals surface area contributed by atoms with E-state index in [9.17, 15) is 9.59 Å². The molecule has 20 heavy (non-hydrogen) atoms. The molecule has 106 valence electrons. The number of amides is 2. The van der Waals surface area contributed by atoms with Gasteiger partial charge in [0.1, 0.15) is 6.04 Å². The minimum Gasteiger partial charge on any atom is -0.465 e. The molecule has 2 heterocycles. The topological polar surface area (TPSA) is 91.3 Å². The summed E-state index contributed by atoms with van der Waals surface area (Å²) in [5, 5.41) is 14.0. The van der Waals surface area contributed by atoms with Gasteiger partial charge in [-0.1, -0.05) is 11.6 Å². The molecule has 0 fully saturated rings. The Labute approximate surface area is 123 Å². The van der Waals surface area contributed by atoms with Crippen molar-refractivity contribution in [2.45, 2.75) is 12.5 Å². The lowest BCUT2D eigenvalue weighted by atomic mass is 10.1. The van der Waals surface area contributed by atoms with E-state index in [0.717, 1.165) is 15.1 Å². The van der Waals surface area contributed by atoms with Crippen LogP contribution in [0.15, 0.2) is 18.3 Å². The van der Waals surface area contributed by atoms with Crippen LogP contribution in [0.2, 0.25) is 5.02 Å². The summed E-state index contributed by atoms with van der Waals surface area (Å²) in [4.78, 5) is 27.4. The van der Waals surface area contributed by atoms with Crippen molar-refractivity contribution in [2.75, 3.05) is 7.05 Å². The highest BCUT2D eigenvalue weighted by Crippen LogP contribution is 2.30. The monoisotopic (exact) mass is 313 g/mol. The zero-order valence-corrected chi connectivity index (χ0v) is 12.1. The number of hydrogen-bond acceptors (Lipinski definition) is 4. The van der Waals surface area contributed by atoms with Crippen LogP contribution in [0.3, 0.4) is 0 Å². The van der Waals surface area contributed by atoms with Gasteiger partial charge in [-0.05, 0) is 12.1 Å². The third kappa shape index (κ3) is 3.17. The number of fused-ring (bicyclic) bond motifs is 1. The first-order chi connectivity index (χ1) is 9.51. The first kappa shape index (κ1) is 14.5. The van der Waals surface area contributed by atoms with Crippen LogP contribution in [0.4, 0.5) is 4.79 Å². The number of pyridine rings is 1. The number of nitrogens with one attached hydrogen (secondary N) is 2. The van der Waals surface area contributed by atoms with E-state index >= 15 is 0 Å². The maximum absolute atomic E-state index is 11.7. The molecule has 0 bridgehead atoms. The molecule has 0 radical (unpaired) electrons. The predicted molar refractivity (Wildman–Crippen MR) is 77.3 cm³/mol. The maximum atomic E-state index is 11.7. The minimum atomic E-state index is -1.24. The molecule has 2 rings (SSSR count). The van der Waals surface area contributed by atoms with Gasteiger partial charge in [0, 0.05) is 24.5 Å². The standard InChI is InChI=1S/C12H12ClN3O3S/c1-14-11(17)9(16-12(18)19)5-6-4-8-10(20-6)7(13)2-3-15-8/h2-4,9,16H,5H2,1H3,(H,14,17)(H,18,19). The molecule has 0 aliphatic heterocycles. The van der Waals surface area contributed by atoms with Crippen LogP contribution in [0, 0.1) is 0 Å². The second-order valence-electron chi connectivity index (χ2n) is 4.04. The maximum Gasteiger partial charge on any atom is 0.405 e. The highest BCUT2D eigenvalue weighted by atomic mass is 35.5. The summed E-state index contributed by atoms with van der Waals surface area (Å²) in [7, 11) is 1.46. The van der Waals surface area contributed by atoms with E-state index in [4.69, 9.17) is 16.7 Å². The van der Waals surface area contributed by atoms with Crippen LogP contribution in [-0.2, 0) is 11.2 Å². The SMILES string of the molecule is CNC(=O)C(Cc1cc2nccc(Cl)c2s1)NC(=O)O. The van der Waals surface area contributed by atoms with Crippen molar-refractivity contribution in [3.05, 3.63) is 28.2 Å². The normalized spacial score (nSPS) is 12.1. The Balaban J connectivity index is 2.26. The second-order valence-corrected chi connectivity index (χ2v) is 5.58. The Morgan fingerprint density at radius 1 is 1.55 bits per heavy atom. The number of aromatic nitrogens is 1. The molecule has 0 saturated carbocycles. The number of carbonyl (C=O) groups is 2. The number of hydrogen-bond donors (Lipinski definition) is 3. The quantitative estimate of drug-likeness (QED) is 0.803. The number of likely N-dealkylation sites (N-methyl/N-ethyl adjacent to an activating group) is 1. The van der Waals surface area contributed by atoms with E-state index in [1.54, 1.807) is 12.3 Å². The number of thiophene rings is 1. The first-order valence-corrected chi connectivity index (χ1v) is 6.94. The fourth-order valence-corrected chi connectivity index (χ4v) is 3.12. The van der Waals surface area contributed by atoms with Crippen LogP contribution in [0.5, 0.6) is 0 Å². The second kappa shape index (κ2) is 6.06. The Morgan fingerprint density at radius 2 is 2.30 bits per heavy atom. The van der Waals surface area contributed by atoms with Gasteiger partial charge in [-0.3, -0.25) is 9.78 Å². The van der Waals surface area contributed by atoms with Crippen molar-refractivity contribution >= 4 is 45.2 Å². The molecule has 8 heteroatoms. The Kier molecular flexibility index (Phi) is 4.41. The van der Waals surface area contributed by atoms with Crippen molar-refractivity contribution in [1.82, 2.24) is 15.6 Å². The highest BCUT2D eigenvalue weighted by molar-refractivity contribution is 7.19. The van der Waals surface area contributed by atoms with Gasteiger partial charge in [0.2, 0.25) is 5.91 Å². The fraction of sp³-hybridized carbons (Fsp3) is 0.250. The number of nitrogens with zero attached hydrogens (tertiary/aromatic N) is 1. The predicted octanol–water partition coefficient (Wildman–Crippen LogP) is 1.87. The number of halogens is 1. The first-order valence-electron chi connectivity index (χ1n) is 5.75. The summed E-state index contributed by atoms with van der Waals surface area (Å²) >= 11 is 7.46. The summed E-state index contributed by atoms with van der Waals surface area (Å²) in [5.74, 6) is -0.385. The minimum absolute atomic E-state index is 0.253. The van der Waals surface area contributed by atoms with Crippen LogP contribution < -0.4 is 10.6 Å². The van der Waals surface area contributed by atoms with Gasteiger partial charge in [0.05, 0.1) is 15.2 Å². The zero-order valence-electron chi connectivity index (χ0n) is 10.5. The van der Waals surface area contributed by atoms with Gasteiger partial charge in [-0.2, -0.15) is 0 Å². The summed E-state index contributed by atoms with van der Waals surface area (Å²) in [6.07, 6.45) is 0.617. The molecule has 6 nitrogen and oxygen atoms in total. The lowest BCUT2D eigenvalue weighted by Gasteiger charge is -2.13. The van der Waals surface area contributed by atoms with Gasteiger partial charge in [-0.25, -0.2) is 4.79 Å². The molecule has 0 aliphatic rings. The van der Waals surface area contributed by atoms with Crippen molar-refractivity contribution < 1.29 is 14.7 Å². The third-order valence-electron chi connectivity index (χ3n) is 2.68. The summed E-state index contributed by atoms with van der Waals surface area (Å²) in [6.45, 7) is 0. The number of carbonyl (C=O) groups excluding carboxylic acids is 1. The van der Waals surface area contributed by atoms with E-state index in [2.05, 4.69) is 15.6 Å². The van der Waals surface area contributed by atoms with Gasteiger partial charge in [-0.15, -0.1) is 11.3 Å². The van der Waals surface area contributed by atoms with Gasteiger partial charge in [0.15, 0.2) is 0 Å². The van der Waals surface area contributed by atoms with Gasteiger partial charge >= 0.3 is 6.09 Å². The van der Waals surface area contributed by atoms with Gasteiger partial charge < -0.3 is 15.7 Å². The fourth-order valence-electron chi connectivity index (χ4n) is 1.79. The molecule has 2 amide bonds. The molecular formula is C12H12ClN3O3S. The van der Waals surface area contributed by atoms with E-state index in [1.807, 2.05) is 6.07 Å². The van der Waals surface area contributed by atoms with Crippen molar-refractivity contribution in [2.24, 2.45) is 0 Å². The molecule has 2 aromatic heterocycles. The third-order valence-corrected chi connectivity index (χ3v) is 4.29. The Hall–Kier alpha value is -1.86. The van der Waals surface area contributed by atoms with Crippen LogP contribution in [0.25, 0.3) is 10.2 Å². The summed E-state index contributed by atoms with van der Waals surface area (Å²) in [5.41, 5.74) is 0.739. The van der Waals surface area contributed by atoms with E-state index in [0.29, 0.717) is 5.02 Å². The molecule has 3 N–H and O–H groups in total. The van der Waals surface area contributed by atoms with Crippen LogP contribution in [0.1, 0.15) is 4.88 Å². The highest BCUT2D eigenvalue weighted by Gasteiger charge is 2.21. The molecule has 0 aromatic carbocycles. The largest absolute Gasteiger partial charge is 0.465 e. The number of carboxylic acid groups (broad SMARTS) is 1. The molecule has 2 aromatic rings.